The van der Waals surface area contributed by atoms with Crippen LogP contribution in [0.3, 0.4) is 0 Å². The third-order valence-corrected chi connectivity index (χ3v) is 7.57. The smallest absolute Gasteiger partial charge is 0.260 e. The van der Waals surface area contributed by atoms with Crippen molar-refractivity contribution >= 4 is 26.7 Å². The standard InChI is InChI=1S/C22H29NO5S/c1-15(2)12-23(16-9-10-29(25,26)14-16)22(24)13-27-17-7-8-21-19(11-17)18-5-3-4-6-20(18)28-21/h7-8,11,15-16H,3-6,9-10,12-14H2,1-2H3/t16-/m0/s1. The summed E-state index contributed by atoms with van der Waals surface area (Å²) in [6.07, 6.45) is 4.83. The topological polar surface area (TPSA) is 76.8 Å². The van der Waals surface area contributed by atoms with Crippen molar-refractivity contribution in [1.82, 2.24) is 4.90 Å². The molecule has 2 aliphatic rings. The fraction of sp³-hybridized carbons (Fsp3) is 0.591. The Hall–Kier alpha value is -2.02. The molecule has 158 valence electrons. The van der Waals surface area contributed by atoms with Gasteiger partial charge < -0.3 is 14.1 Å². The highest BCUT2D eigenvalue weighted by atomic mass is 32.2. The van der Waals surface area contributed by atoms with Crippen LogP contribution in [-0.2, 0) is 27.5 Å². The van der Waals surface area contributed by atoms with Crippen LogP contribution in [0.4, 0.5) is 0 Å². The largest absolute Gasteiger partial charge is 0.484 e. The molecule has 4 rings (SSSR count). The second-order valence-electron chi connectivity index (χ2n) is 8.65. The number of carbonyl (C=O) groups is 1. The lowest BCUT2D eigenvalue weighted by Crippen LogP contribution is -2.45. The highest BCUT2D eigenvalue weighted by molar-refractivity contribution is 7.91. The lowest BCUT2D eigenvalue weighted by molar-refractivity contribution is -0.135. The van der Waals surface area contributed by atoms with Crippen LogP contribution in [0, 0.1) is 5.92 Å². The van der Waals surface area contributed by atoms with E-state index in [2.05, 4.69) is 0 Å². The quantitative estimate of drug-likeness (QED) is 0.718. The number of rotatable bonds is 6. The molecule has 2 heterocycles. The van der Waals surface area contributed by atoms with E-state index in [1.807, 2.05) is 32.0 Å². The predicted molar refractivity (Wildman–Crippen MR) is 112 cm³/mol. The van der Waals surface area contributed by atoms with Gasteiger partial charge in [0, 0.05) is 30.0 Å². The zero-order chi connectivity index (χ0) is 20.6. The van der Waals surface area contributed by atoms with Crippen molar-refractivity contribution in [2.24, 2.45) is 5.92 Å². The summed E-state index contributed by atoms with van der Waals surface area (Å²) in [6, 6.07) is 5.45. The first-order chi connectivity index (χ1) is 13.8. The van der Waals surface area contributed by atoms with Crippen LogP contribution in [0.25, 0.3) is 11.0 Å². The summed E-state index contributed by atoms with van der Waals surface area (Å²) in [4.78, 5) is 14.6. The van der Waals surface area contributed by atoms with Gasteiger partial charge in [0.25, 0.3) is 5.91 Å². The highest BCUT2D eigenvalue weighted by Gasteiger charge is 2.35. The van der Waals surface area contributed by atoms with E-state index < -0.39 is 9.84 Å². The maximum absolute atomic E-state index is 12.9. The first-order valence-electron chi connectivity index (χ1n) is 10.5. The minimum absolute atomic E-state index is 0.0541. The number of aryl methyl sites for hydroxylation is 2. The van der Waals surface area contributed by atoms with E-state index in [0.29, 0.717) is 18.7 Å². The van der Waals surface area contributed by atoms with Crippen LogP contribution in [-0.4, -0.2) is 49.9 Å². The summed E-state index contributed by atoms with van der Waals surface area (Å²) in [5, 5.41) is 1.07. The molecule has 0 saturated carbocycles. The van der Waals surface area contributed by atoms with Gasteiger partial charge in [-0.05, 0) is 49.8 Å². The van der Waals surface area contributed by atoms with E-state index >= 15 is 0 Å². The Labute approximate surface area is 172 Å². The summed E-state index contributed by atoms with van der Waals surface area (Å²) in [5.41, 5.74) is 2.13. The molecular weight excluding hydrogens is 390 g/mol. The normalized spacial score (nSPS) is 20.7. The first kappa shape index (κ1) is 20.3. The number of benzene rings is 1. The molecule has 1 aliphatic carbocycles. The van der Waals surface area contributed by atoms with Crippen LogP contribution in [0.2, 0.25) is 0 Å². The number of sulfone groups is 1. The summed E-state index contributed by atoms with van der Waals surface area (Å²) >= 11 is 0. The zero-order valence-corrected chi connectivity index (χ0v) is 18.0. The Bertz CT molecular complexity index is 1010. The Balaban J connectivity index is 1.47. The second-order valence-corrected chi connectivity index (χ2v) is 10.9. The second kappa shape index (κ2) is 8.01. The van der Waals surface area contributed by atoms with Crippen molar-refractivity contribution in [2.45, 2.75) is 52.0 Å². The number of furan rings is 1. The molecule has 1 amide bonds. The van der Waals surface area contributed by atoms with Gasteiger partial charge in [0.1, 0.15) is 17.1 Å². The zero-order valence-electron chi connectivity index (χ0n) is 17.1. The van der Waals surface area contributed by atoms with E-state index in [0.717, 1.165) is 36.0 Å². The van der Waals surface area contributed by atoms with Crippen molar-refractivity contribution in [2.75, 3.05) is 24.7 Å². The third-order valence-electron chi connectivity index (χ3n) is 5.82. The van der Waals surface area contributed by atoms with Gasteiger partial charge in [-0.2, -0.15) is 0 Å². The summed E-state index contributed by atoms with van der Waals surface area (Å²) in [7, 11) is -3.05. The van der Waals surface area contributed by atoms with Crippen LogP contribution in [0.5, 0.6) is 5.75 Å². The average Bonchev–Trinajstić information content (AvgIpc) is 3.23. The van der Waals surface area contributed by atoms with Gasteiger partial charge in [-0.15, -0.1) is 0 Å². The van der Waals surface area contributed by atoms with Gasteiger partial charge in [0.15, 0.2) is 16.4 Å². The molecule has 1 saturated heterocycles. The Morgan fingerprint density at radius 3 is 2.79 bits per heavy atom. The van der Waals surface area contributed by atoms with Gasteiger partial charge in [0.2, 0.25) is 0 Å². The summed E-state index contributed by atoms with van der Waals surface area (Å²) < 4.78 is 35.5. The minimum atomic E-state index is -3.05. The Kier molecular flexibility index (Phi) is 5.60. The molecule has 1 fully saturated rings. The fourth-order valence-electron chi connectivity index (χ4n) is 4.43. The van der Waals surface area contributed by atoms with Gasteiger partial charge in [-0.3, -0.25) is 4.79 Å². The van der Waals surface area contributed by atoms with Gasteiger partial charge >= 0.3 is 0 Å². The van der Waals surface area contributed by atoms with Crippen LogP contribution < -0.4 is 4.74 Å². The molecule has 29 heavy (non-hydrogen) atoms. The van der Waals surface area contributed by atoms with Crippen LogP contribution >= 0.6 is 0 Å². The maximum Gasteiger partial charge on any atom is 0.260 e. The van der Waals surface area contributed by atoms with Crippen molar-refractivity contribution in [1.29, 1.82) is 0 Å². The van der Waals surface area contributed by atoms with E-state index in [4.69, 9.17) is 9.15 Å². The SMILES string of the molecule is CC(C)CN(C(=O)COc1ccc2oc3c(c2c1)CCCC3)[C@H]1CCS(=O)(=O)C1. The Morgan fingerprint density at radius 2 is 2.07 bits per heavy atom. The van der Waals surface area contributed by atoms with Crippen molar-refractivity contribution in [3.05, 3.63) is 29.5 Å². The van der Waals surface area contributed by atoms with Crippen LogP contribution in [0.1, 0.15) is 44.4 Å². The van der Waals surface area contributed by atoms with E-state index in [1.54, 1.807) is 4.90 Å². The molecule has 2 aromatic rings. The third kappa shape index (κ3) is 4.44. The summed E-state index contributed by atoms with van der Waals surface area (Å²) in [5.74, 6) is 2.03. The van der Waals surface area contributed by atoms with Crippen LogP contribution in [0.15, 0.2) is 22.6 Å². The lowest BCUT2D eigenvalue weighted by atomic mass is 9.96. The number of nitrogens with zero attached hydrogens (tertiary/aromatic N) is 1. The maximum atomic E-state index is 12.9. The van der Waals surface area contributed by atoms with Crippen molar-refractivity contribution < 1.29 is 22.4 Å². The van der Waals surface area contributed by atoms with E-state index in [-0.39, 0.29) is 36.0 Å². The average molecular weight is 420 g/mol. The summed E-state index contributed by atoms with van der Waals surface area (Å²) in [6.45, 7) is 4.51. The molecule has 6 nitrogen and oxygen atoms in total. The number of hydrogen-bond donors (Lipinski definition) is 0. The van der Waals surface area contributed by atoms with Crippen molar-refractivity contribution in [3.63, 3.8) is 0 Å². The number of fused-ring (bicyclic) bond motifs is 3. The molecule has 0 spiro atoms. The van der Waals surface area contributed by atoms with Gasteiger partial charge in [0.05, 0.1) is 11.5 Å². The van der Waals surface area contributed by atoms with Crippen molar-refractivity contribution in [3.8, 4) is 5.75 Å². The molecule has 1 aromatic heterocycles. The molecule has 0 N–H and O–H groups in total. The molecule has 0 unspecified atom stereocenters. The number of carbonyl (C=O) groups excluding carboxylic acids is 1. The molecule has 1 aromatic carbocycles. The molecule has 1 atom stereocenters. The molecule has 0 bridgehead atoms. The van der Waals surface area contributed by atoms with E-state index in [9.17, 15) is 13.2 Å². The first-order valence-corrected chi connectivity index (χ1v) is 12.3. The predicted octanol–water partition coefficient (Wildman–Crippen LogP) is 3.36. The number of ether oxygens (including phenoxy) is 1. The molecule has 1 aliphatic heterocycles. The minimum Gasteiger partial charge on any atom is -0.484 e. The molecule has 0 radical (unpaired) electrons. The van der Waals surface area contributed by atoms with Gasteiger partial charge in [-0.25, -0.2) is 8.42 Å². The molecule has 7 heteroatoms. The fourth-order valence-corrected chi connectivity index (χ4v) is 6.16. The lowest BCUT2D eigenvalue weighted by Gasteiger charge is -2.29. The number of amides is 1. The van der Waals surface area contributed by atoms with E-state index in [1.165, 1.54) is 12.0 Å². The molecular formula is C22H29NO5S. The van der Waals surface area contributed by atoms with Gasteiger partial charge in [-0.1, -0.05) is 13.8 Å². The highest BCUT2D eigenvalue weighted by Crippen LogP contribution is 2.34. The monoisotopic (exact) mass is 419 g/mol. The number of hydrogen-bond acceptors (Lipinski definition) is 5. The Morgan fingerprint density at radius 1 is 1.28 bits per heavy atom.